The van der Waals surface area contributed by atoms with E-state index in [9.17, 15) is 9.59 Å². The summed E-state index contributed by atoms with van der Waals surface area (Å²) >= 11 is 1.61. The topological polar surface area (TPSA) is 49.4 Å². The van der Waals surface area contributed by atoms with Crippen LogP contribution in [0.3, 0.4) is 0 Å². The van der Waals surface area contributed by atoms with Crippen LogP contribution in [-0.4, -0.2) is 17.6 Å². The molecule has 3 rings (SSSR count). The number of rotatable bonds is 4. The first-order chi connectivity index (χ1) is 12.0. The van der Waals surface area contributed by atoms with Crippen LogP contribution in [0.15, 0.2) is 42.5 Å². The molecule has 2 aromatic rings. The highest BCUT2D eigenvalue weighted by molar-refractivity contribution is 8.00. The molecule has 1 aliphatic rings. The van der Waals surface area contributed by atoms with Gasteiger partial charge in [-0.2, -0.15) is 0 Å². The molecule has 1 aliphatic heterocycles. The highest BCUT2D eigenvalue weighted by Crippen LogP contribution is 2.42. The van der Waals surface area contributed by atoms with Gasteiger partial charge in [-0.3, -0.25) is 14.5 Å². The van der Waals surface area contributed by atoms with Gasteiger partial charge in [0, 0.05) is 17.8 Å². The summed E-state index contributed by atoms with van der Waals surface area (Å²) in [6, 6.07) is 13.9. The Morgan fingerprint density at radius 1 is 1.20 bits per heavy atom. The van der Waals surface area contributed by atoms with Crippen molar-refractivity contribution in [2.24, 2.45) is 0 Å². The van der Waals surface area contributed by atoms with E-state index in [0.29, 0.717) is 12.2 Å². The maximum absolute atomic E-state index is 12.5. The van der Waals surface area contributed by atoms with E-state index in [1.165, 1.54) is 11.1 Å². The van der Waals surface area contributed by atoms with Gasteiger partial charge in [-0.15, -0.1) is 11.8 Å². The molecule has 1 heterocycles. The highest BCUT2D eigenvalue weighted by atomic mass is 32.2. The Hall–Kier alpha value is -2.27. The van der Waals surface area contributed by atoms with Gasteiger partial charge in [-0.25, -0.2) is 0 Å². The predicted octanol–water partition coefficient (Wildman–Crippen LogP) is 4.43. The monoisotopic (exact) mass is 354 g/mol. The third kappa shape index (κ3) is 3.71. The minimum atomic E-state index is -0.0758. The number of carbonyl (C=O) groups is 2. The molecule has 0 bridgehead atoms. The van der Waals surface area contributed by atoms with E-state index in [1.807, 2.05) is 42.2 Å². The molecule has 2 amide bonds. The number of carbonyl (C=O) groups excluding carboxylic acids is 2. The summed E-state index contributed by atoms with van der Waals surface area (Å²) in [5.41, 5.74) is 5.09. The van der Waals surface area contributed by atoms with Gasteiger partial charge in [-0.05, 0) is 54.8 Å². The number of benzene rings is 2. The van der Waals surface area contributed by atoms with E-state index in [-0.39, 0.29) is 17.2 Å². The molecule has 130 valence electrons. The van der Waals surface area contributed by atoms with Crippen LogP contribution >= 0.6 is 11.8 Å². The van der Waals surface area contributed by atoms with Gasteiger partial charge in [0.05, 0.1) is 5.75 Å². The van der Waals surface area contributed by atoms with Gasteiger partial charge in [0.15, 0.2) is 0 Å². The first kappa shape index (κ1) is 17.5. The molecule has 0 radical (unpaired) electrons. The fourth-order valence-electron chi connectivity index (χ4n) is 2.84. The van der Waals surface area contributed by atoms with Crippen molar-refractivity contribution in [3.05, 3.63) is 59.2 Å². The first-order valence-corrected chi connectivity index (χ1v) is 9.45. The Balaban J connectivity index is 1.92. The van der Waals surface area contributed by atoms with Gasteiger partial charge in [0.2, 0.25) is 11.8 Å². The van der Waals surface area contributed by atoms with Crippen LogP contribution < -0.4 is 10.2 Å². The number of nitrogens with one attached hydrogen (secondary N) is 1. The van der Waals surface area contributed by atoms with Gasteiger partial charge in [-0.1, -0.05) is 25.1 Å². The second kappa shape index (κ2) is 7.31. The zero-order valence-corrected chi connectivity index (χ0v) is 15.5. The number of thioether (sulfide) groups is 1. The molecule has 4 nitrogen and oxygen atoms in total. The molecule has 5 heteroatoms. The van der Waals surface area contributed by atoms with Crippen molar-refractivity contribution in [2.75, 3.05) is 16.0 Å². The van der Waals surface area contributed by atoms with Crippen molar-refractivity contribution in [3.8, 4) is 0 Å². The van der Waals surface area contributed by atoms with E-state index in [2.05, 4.69) is 31.3 Å². The summed E-state index contributed by atoms with van der Waals surface area (Å²) in [6.07, 6.45) is 0.440. The SMILES string of the molecule is CCC(=O)Nc1cccc(C2SCC(=O)N2c2ccc(C)c(C)c2)c1. The van der Waals surface area contributed by atoms with Crippen LogP contribution in [0, 0.1) is 13.8 Å². The number of hydrogen-bond donors (Lipinski definition) is 1. The lowest BCUT2D eigenvalue weighted by molar-refractivity contribution is -0.116. The van der Waals surface area contributed by atoms with Gasteiger partial charge in [0.1, 0.15) is 5.37 Å². The molecule has 1 fully saturated rings. The van der Waals surface area contributed by atoms with Gasteiger partial charge < -0.3 is 5.32 Å². The minimum Gasteiger partial charge on any atom is -0.326 e. The molecule has 1 N–H and O–H groups in total. The molecule has 1 unspecified atom stereocenters. The van der Waals surface area contributed by atoms with Crippen molar-refractivity contribution >= 4 is 35.0 Å². The zero-order chi connectivity index (χ0) is 18.0. The Morgan fingerprint density at radius 3 is 2.72 bits per heavy atom. The van der Waals surface area contributed by atoms with Crippen LogP contribution in [0.5, 0.6) is 0 Å². The number of amides is 2. The van der Waals surface area contributed by atoms with Crippen molar-refractivity contribution in [2.45, 2.75) is 32.6 Å². The average Bonchev–Trinajstić information content (AvgIpc) is 2.99. The average molecular weight is 354 g/mol. The van der Waals surface area contributed by atoms with E-state index in [0.717, 1.165) is 16.9 Å². The summed E-state index contributed by atoms with van der Waals surface area (Å²) in [7, 11) is 0. The van der Waals surface area contributed by atoms with Crippen LogP contribution in [0.25, 0.3) is 0 Å². The molecular formula is C20H22N2O2S. The molecule has 1 saturated heterocycles. The molecule has 1 atom stereocenters. The Morgan fingerprint density at radius 2 is 2.00 bits per heavy atom. The van der Waals surface area contributed by atoms with Crippen LogP contribution in [0.2, 0.25) is 0 Å². The fraction of sp³-hybridized carbons (Fsp3) is 0.300. The zero-order valence-electron chi connectivity index (χ0n) is 14.7. The number of aryl methyl sites for hydroxylation is 2. The fourth-order valence-corrected chi connectivity index (χ4v) is 4.01. The smallest absolute Gasteiger partial charge is 0.238 e. The van der Waals surface area contributed by atoms with Crippen molar-refractivity contribution < 1.29 is 9.59 Å². The number of anilines is 2. The quantitative estimate of drug-likeness (QED) is 0.883. The van der Waals surface area contributed by atoms with Gasteiger partial charge >= 0.3 is 0 Å². The Bertz CT molecular complexity index is 819. The van der Waals surface area contributed by atoms with Crippen LogP contribution in [0.1, 0.15) is 35.4 Å². The Labute approximate surface area is 152 Å². The molecule has 2 aromatic carbocycles. The van der Waals surface area contributed by atoms with Crippen LogP contribution in [0.4, 0.5) is 11.4 Å². The highest BCUT2D eigenvalue weighted by Gasteiger charge is 2.34. The Kier molecular flexibility index (Phi) is 5.13. The van der Waals surface area contributed by atoms with E-state index < -0.39 is 0 Å². The summed E-state index contributed by atoms with van der Waals surface area (Å²) in [6.45, 7) is 5.95. The van der Waals surface area contributed by atoms with Gasteiger partial charge in [0.25, 0.3) is 0 Å². The normalized spacial score (nSPS) is 17.0. The van der Waals surface area contributed by atoms with E-state index in [4.69, 9.17) is 0 Å². The molecule has 0 aromatic heterocycles. The summed E-state index contributed by atoms with van der Waals surface area (Å²) in [5.74, 6) is 0.558. The lowest BCUT2D eigenvalue weighted by atomic mass is 10.1. The van der Waals surface area contributed by atoms with Crippen molar-refractivity contribution in [3.63, 3.8) is 0 Å². The molecule has 0 aliphatic carbocycles. The summed E-state index contributed by atoms with van der Waals surface area (Å²) in [5, 5.41) is 2.81. The van der Waals surface area contributed by atoms with E-state index >= 15 is 0 Å². The maximum atomic E-state index is 12.5. The van der Waals surface area contributed by atoms with Crippen LogP contribution in [-0.2, 0) is 9.59 Å². The number of hydrogen-bond acceptors (Lipinski definition) is 3. The summed E-state index contributed by atoms with van der Waals surface area (Å²) < 4.78 is 0. The number of nitrogens with zero attached hydrogens (tertiary/aromatic N) is 1. The van der Waals surface area contributed by atoms with E-state index in [1.54, 1.807) is 11.8 Å². The first-order valence-electron chi connectivity index (χ1n) is 8.40. The van der Waals surface area contributed by atoms with Crippen molar-refractivity contribution in [1.29, 1.82) is 0 Å². The molecule has 0 spiro atoms. The largest absolute Gasteiger partial charge is 0.326 e. The molecule has 0 saturated carbocycles. The minimum absolute atomic E-state index is 0.0154. The summed E-state index contributed by atoms with van der Waals surface area (Å²) in [4.78, 5) is 26.0. The second-order valence-corrected chi connectivity index (χ2v) is 7.29. The maximum Gasteiger partial charge on any atom is 0.238 e. The lowest BCUT2D eigenvalue weighted by Crippen LogP contribution is -2.28. The standard InChI is InChI=1S/C20H22N2O2S/c1-4-18(23)21-16-7-5-6-15(11-16)20-22(19(24)12-25-20)17-9-8-13(2)14(3)10-17/h5-11,20H,4,12H2,1-3H3,(H,21,23). The lowest BCUT2D eigenvalue weighted by Gasteiger charge is -2.25. The third-order valence-corrected chi connectivity index (χ3v) is 5.63. The molecular weight excluding hydrogens is 332 g/mol. The third-order valence-electron chi connectivity index (χ3n) is 4.41. The molecule has 25 heavy (non-hydrogen) atoms. The van der Waals surface area contributed by atoms with Crippen molar-refractivity contribution in [1.82, 2.24) is 0 Å². The predicted molar refractivity (Wildman–Crippen MR) is 104 cm³/mol. The second-order valence-electron chi connectivity index (χ2n) is 6.22.